The Morgan fingerprint density at radius 1 is 1.03 bits per heavy atom. The van der Waals surface area contributed by atoms with Crippen LogP contribution in [0.2, 0.25) is 15.1 Å². The first-order valence-electron chi connectivity index (χ1n) is 9.07. The van der Waals surface area contributed by atoms with Gasteiger partial charge in [-0.05, 0) is 57.3 Å². The van der Waals surface area contributed by atoms with Crippen molar-refractivity contribution in [1.82, 2.24) is 10.6 Å². The number of thiocarbonyl (C=S) groups is 1. The maximum atomic E-state index is 12.6. The lowest BCUT2D eigenvalue weighted by Crippen LogP contribution is -2.40. The third kappa shape index (κ3) is 5.67. The van der Waals surface area contributed by atoms with Crippen molar-refractivity contribution in [3.8, 4) is 0 Å². The van der Waals surface area contributed by atoms with E-state index in [1.54, 1.807) is 18.2 Å². The minimum atomic E-state index is -0.471. The summed E-state index contributed by atoms with van der Waals surface area (Å²) in [6, 6.07) is 9.96. The van der Waals surface area contributed by atoms with Gasteiger partial charge in [-0.1, -0.05) is 46.9 Å². The molecule has 3 aromatic rings. The van der Waals surface area contributed by atoms with Crippen molar-refractivity contribution >= 4 is 91.1 Å². The minimum Gasteiger partial charge on any atom is -0.347 e. The van der Waals surface area contributed by atoms with Gasteiger partial charge in [-0.3, -0.25) is 14.9 Å². The number of hydrogen-bond acceptors (Lipinski definition) is 4. The fourth-order valence-corrected chi connectivity index (χ4v) is 4.90. The molecule has 3 rings (SSSR count). The monoisotopic (exact) mass is 513 g/mol. The van der Waals surface area contributed by atoms with Gasteiger partial charge in [-0.15, -0.1) is 11.3 Å². The van der Waals surface area contributed by atoms with Crippen molar-refractivity contribution in [2.45, 2.75) is 26.3 Å². The number of benzene rings is 2. The molecule has 0 spiro atoms. The van der Waals surface area contributed by atoms with E-state index < -0.39 is 11.4 Å². The third-order valence-electron chi connectivity index (χ3n) is 4.00. The quantitative estimate of drug-likeness (QED) is 0.348. The summed E-state index contributed by atoms with van der Waals surface area (Å²) in [6.07, 6.45) is 0. The van der Waals surface area contributed by atoms with Gasteiger partial charge in [0.1, 0.15) is 4.88 Å². The highest BCUT2D eigenvalue weighted by Crippen LogP contribution is 2.39. The standard InChI is InChI=1S/C21H18Cl3N3O2S2/c1-21(2,3)27-19(29)17-15(24)12-5-4-6-14(16(12)31-17)25-20(30)26-18(28)11-8-7-10(22)9-13(11)23/h4-9H,1-3H3,(H,27,29)(H2,25,26,28,30). The molecule has 10 heteroatoms. The Morgan fingerprint density at radius 2 is 1.74 bits per heavy atom. The largest absolute Gasteiger partial charge is 0.347 e. The highest BCUT2D eigenvalue weighted by molar-refractivity contribution is 7.80. The van der Waals surface area contributed by atoms with E-state index in [0.29, 0.717) is 26.0 Å². The van der Waals surface area contributed by atoms with Gasteiger partial charge < -0.3 is 10.6 Å². The van der Waals surface area contributed by atoms with E-state index in [1.165, 1.54) is 23.5 Å². The summed E-state index contributed by atoms with van der Waals surface area (Å²) >= 11 is 25.0. The van der Waals surface area contributed by atoms with Gasteiger partial charge in [0.25, 0.3) is 11.8 Å². The van der Waals surface area contributed by atoms with Gasteiger partial charge in [0.2, 0.25) is 0 Å². The average molecular weight is 515 g/mol. The van der Waals surface area contributed by atoms with Crippen LogP contribution < -0.4 is 16.0 Å². The van der Waals surface area contributed by atoms with E-state index in [4.69, 9.17) is 47.0 Å². The first kappa shape index (κ1) is 23.8. The van der Waals surface area contributed by atoms with Gasteiger partial charge in [0.05, 0.1) is 26.0 Å². The summed E-state index contributed by atoms with van der Waals surface area (Å²) in [4.78, 5) is 25.5. The molecule has 5 nitrogen and oxygen atoms in total. The number of amides is 2. The second kappa shape index (κ2) is 9.30. The topological polar surface area (TPSA) is 70.2 Å². The number of carbonyl (C=O) groups is 2. The van der Waals surface area contributed by atoms with E-state index >= 15 is 0 Å². The molecular formula is C21H18Cl3N3O2S2. The summed E-state index contributed by atoms with van der Waals surface area (Å²) in [5.74, 6) is -0.723. The van der Waals surface area contributed by atoms with E-state index in [9.17, 15) is 9.59 Å². The Labute approximate surface area is 204 Å². The Kier molecular flexibility index (Phi) is 7.13. The van der Waals surface area contributed by atoms with E-state index in [1.807, 2.05) is 26.8 Å². The van der Waals surface area contributed by atoms with Crippen LogP contribution in [0.1, 0.15) is 40.8 Å². The molecule has 1 heterocycles. The smallest absolute Gasteiger partial charge is 0.263 e. The summed E-state index contributed by atoms with van der Waals surface area (Å²) < 4.78 is 0.743. The molecule has 3 N–H and O–H groups in total. The van der Waals surface area contributed by atoms with Crippen molar-refractivity contribution in [3.05, 3.63) is 61.9 Å². The predicted molar refractivity (Wildman–Crippen MR) is 134 cm³/mol. The molecule has 0 aliphatic heterocycles. The molecule has 1 aromatic heterocycles. The first-order valence-corrected chi connectivity index (χ1v) is 11.4. The molecule has 0 aliphatic rings. The highest BCUT2D eigenvalue weighted by Gasteiger charge is 2.23. The Hall–Kier alpha value is -1.90. The molecule has 2 amide bonds. The predicted octanol–water partition coefficient (Wildman–Crippen LogP) is 6.52. The fraction of sp³-hybridized carbons (Fsp3) is 0.190. The molecule has 0 fully saturated rings. The zero-order valence-corrected chi connectivity index (χ0v) is 20.6. The van der Waals surface area contributed by atoms with Gasteiger partial charge in [-0.2, -0.15) is 0 Å². The normalized spacial score (nSPS) is 11.3. The molecule has 31 heavy (non-hydrogen) atoms. The lowest BCUT2D eigenvalue weighted by Gasteiger charge is -2.19. The number of thiophene rings is 1. The highest BCUT2D eigenvalue weighted by atomic mass is 35.5. The Morgan fingerprint density at radius 3 is 2.39 bits per heavy atom. The average Bonchev–Trinajstić information content (AvgIpc) is 2.98. The summed E-state index contributed by atoms with van der Waals surface area (Å²) in [5.41, 5.74) is 0.465. The van der Waals surface area contributed by atoms with Crippen LogP contribution in [-0.4, -0.2) is 22.5 Å². The number of nitrogens with one attached hydrogen (secondary N) is 3. The molecule has 0 radical (unpaired) electrons. The molecule has 0 bridgehead atoms. The molecule has 162 valence electrons. The van der Waals surface area contributed by atoms with Crippen LogP contribution in [0.25, 0.3) is 10.1 Å². The number of anilines is 1. The van der Waals surface area contributed by atoms with Gasteiger partial charge in [0.15, 0.2) is 5.11 Å². The van der Waals surface area contributed by atoms with Crippen molar-refractivity contribution in [2.24, 2.45) is 0 Å². The lowest BCUT2D eigenvalue weighted by atomic mass is 10.1. The van der Waals surface area contributed by atoms with Crippen molar-refractivity contribution in [1.29, 1.82) is 0 Å². The molecule has 2 aromatic carbocycles. The van der Waals surface area contributed by atoms with Gasteiger partial charge >= 0.3 is 0 Å². The van der Waals surface area contributed by atoms with Crippen molar-refractivity contribution < 1.29 is 9.59 Å². The summed E-state index contributed by atoms with van der Waals surface area (Å²) in [7, 11) is 0. The Bertz CT molecular complexity index is 1200. The fourth-order valence-electron chi connectivity index (χ4n) is 2.73. The third-order valence-corrected chi connectivity index (χ3v) is 6.49. The zero-order chi connectivity index (χ0) is 22.9. The number of hydrogen-bond donors (Lipinski definition) is 3. The molecule has 0 atom stereocenters. The molecule has 0 saturated heterocycles. The van der Waals surface area contributed by atoms with Crippen LogP contribution >= 0.6 is 58.4 Å². The minimum absolute atomic E-state index is 0.0775. The molecular weight excluding hydrogens is 497 g/mol. The first-order chi connectivity index (χ1) is 14.5. The second-order valence-corrected chi connectivity index (χ2v) is 10.3. The van der Waals surface area contributed by atoms with Crippen LogP contribution in [0.4, 0.5) is 5.69 Å². The number of rotatable bonds is 3. The van der Waals surface area contributed by atoms with Crippen LogP contribution in [0, 0.1) is 0 Å². The maximum absolute atomic E-state index is 12.6. The number of carbonyl (C=O) groups excluding carboxylic acids is 2. The summed E-state index contributed by atoms with van der Waals surface area (Å²) in [6.45, 7) is 5.69. The second-order valence-electron chi connectivity index (χ2n) is 7.66. The number of fused-ring (bicyclic) bond motifs is 1. The lowest BCUT2D eigenvalue weighted by molar-refractivity contribution is 0.0922. The van der Waals surface area contributed by atoms with Crippen molar-refractivity contribution in [2.75, 3.05) is 5.32 Å². The SMILES string of the molecule is CC(C)(C)NC(=O)c1sc2c(NC(=S)NC(=O)c3ccc(Cl)cc3Cl)cccc2c1Cl. The van der Waals surface area contributed by atoms with E-state index in [2.05, 4.69) is 16.0 Å². The molecule has 0 unspecified atom stereocenters. The van der Waals surface area contributed by atoms with Gasteiger partial charge in [0, 0.05) is 15.9 Å². The van der Waals surface area contributed by atoms with Crippen LogP contribution in [-0.2, 0) is 0 Å². The van der Waals surface area contributed by atoms with Crippen LogP contribution in [0.5, 0.6) is 0 Å². The van der Waals surface area contributed by atoms with Gasteiger partial charge in [-0.25, -0.2) is 0 Å². The van der Waals surface area contributed by atoms with Crippen LogP contribution in [0.15, 0.2) is 36.4 Å². The molecule has 0 saturated carbocycles. The Balaban J connectivity index is 1.83. The summed E-state index contributed by atoms with van der Waals surface area (Å²) in [5, 5.41) is 10.3. The molecule has 0 aliphatic carbocycles. The number of halogens is 3. The van der Waals surface area contributed by atoms with Crippen molar-refractivity contribution in [3.63, 3.8) is 0 Å². The zero-order valence-electron chi connectivity index (χ0n) is 16.7. The van der Waals surface area contributed by atoms with E-state index in [0.717, 1.165) is 4.70 Å². The maximum Gasteiger partial charge on any atom is 0.263 e. The van der Waals surface area contributed by atoms with E-state index in [-0.39, 0.29) is 21.6 Å². The van der Waals surface area contributed by atoms with Crippen LogP contribution in [0.3, 0.4) is 0 Å².